The number of rotatable bonds is 5. The van der Waals surface area contributed by atoms with E-state index in [9.17, 15) is 9.59 Å². The van der Waals surface area contributed by atoms with Crippen molar-refractivity contribution in [2.45, 2.75) is 12.8 Å². The molecule has 1 aromatic carbocycles. The van der Waals surface area contributed by atoms with Crippen LogP contribution in [0.25, 0.3) is 0 Å². The Bertz CT molecular complexity index is 774. The Balaban J connectivity index is 1.46. The number of halogens is 1. The number of benzene rings is 1. The second-order valence-corrected chi connectivity index (χ2v) is 7.61. The summed E-state index contributed by atoms with van der Waals surface area (Å²) in [5.41, 5.74) is 0.888. The van der Waals surface area contributed by atoms with Crippen LogP contribution in [-0.2, 0) is 9.59 Å². The molecular weight excluding hydrogens is 408 g/mol. The molecule has 1 aromatic heterocycles. The number of likely N-dealkylation sites (N-methyl/N-ethyl adjacent to an activating group) is 1. The second kappa shape index (κ2) is 9.10. The molecular formula is C20H23BrN4O2. The molecule has 3 rings (SSSR count). The Kier molecular flexibility index (Phi) is 6.58. The monoisotopic (exact) mass is 430 g/mol. The van der Waals surface area contributed by atoms with E-state index >= 15 is 0 Å². The van der Waals surface area contributed by atoms with Crippen molar-refractivity contribution in [3.05, 3.63) is 53.1 Å². The van der Waals surface area contributed by atoms with E-state index in [1.165, 1.54) is 0 Å². The maximum atomic E-state index is 12.5. The van der Waals surface area contributed by atoms with Crippen LogP contribution in [-0.4, -0.2) is 48.4 Å². The summed E-state index contributed by atoms with van der Waals surface area (Å²) in [6.45, 7) is 1.84. The van der Waals surface area contributed by atoms with E-state index in [1.54, 1.807) is 24.2 Å². The minimum Gasteiger partial charge on any atom is -0.314 e. The molecule has 1 aliphatic rings. The number of anilines is 2. The van der Waals surface area contributed by atoms with Gasteiger partial charge in [-0.1, -0.05) is 18.2 Å². The molecule has 1 N–H and O–H groups in total. The molecule has 0 bridgehead atoms. The molecule has 0 radical (unpaired) electrons. The predicted molar refractivity (Wildman–Crippen MR) is 110 cm³/mol. The number of nitrogens with zero attached hydrogens (tertiary/aromatic N) is 3. The molecule has 142 valence electrons. The van der Waals surface area contributed by atoms with E-state index in [0.29, 0.717) is 12.4 Å². The molecule has 2 heterocycles. The van der Waals surface area contributed by atoms with E-state index in [4.69, 9.17) is 0 Å². The van der Waals surface area contributed by atoms with Gasteiger partial charge in [0.05, 0.1) is 6.54 Å². The van der Waals surface area contributed by atoms with Crippen molar-refractivity contribution in [2.75, 3.05) is 36.9 Å². The van der Waals surface area contributed by atoms with E-state index < -0.39 is 0 Å². The average Bonchev–Trinajstić information content (AvgIpc) is 2.70. The summed E-state index contributed by atoms with van der Waals surface area (Å²) in [6, 6.07) is 13.2. The van der Waals surface area contributed by atoms with Crippen LogP contribution in [0.15, 0.2) is 53.1 Å². The van der Waals surface area contributed by atoms with Gasteiger partial charge in [0.2, 0.25) is 11.8 Å². The number of para-hydroxylation sites is 1. The van der Waals surface area contributed by atoms with Crippen molar-refractivity contribution >= 4 is 39.2 Å². The summed E-state index contributed by atoms with van der Waals surface area (Å²) in [6.07, 6.45) is 3.14. The fourth-order valence-corrected chi connectivity index (χ4v) is 3.36. The second-order valence-electron chi connectivity index (χ2n) is 6.69. The molecule has 27 heavy (non-hydrogen) atoms. The highest BCUT2D eigenvalue weighted by molar-refractivity contribution is 9.10. The fraction of sp³-hybridized carbons (Fsp3) is 0.350. The number of amides is 2. The van der Waals surface area contributed by atoms with Crippen LogP contribution in [0.5, 0.6) is 0 Å². The van der Waals surface area contributed by atoms with Crippen molar-refractivity contribution in [3.8, 4) is 0 Å². The lowest BCUT2D eigenvalue weighted by atomic mass is 9.96. The summed E-state index contributed by atoms with van der Waals surface area (Å²) in [5.74, 6) is 0.569. The molecule has 2 amide bonds. The van der Waals surface area contributed by atoms with E-state index in [0.717, 1.165) is 36.1 Å². The van der Waals surface area contributed by atoms with Gasteiger partial charge in [0.15, 0.2) is 0 Å². The quantitative estimate of drug-likeness (QED) is 0.790. The SMILES string of the molecule is CN(C(=O)CN1CCC(C(=O)Nc2ccc(Br)cn2)CC1)c1ccccc1. The van der Waals surface area contributed by atoms with Crippen molar-refractivity contribution in [1.82, 2.24) is 9.88 Å². The number of aromatic nitrogens is 1. The summed E-state index contributed by atoms with van der Waals surface area (Å²) < 4.78 is 0.874. The molecule has 2 aromatic rings. The van der Waals surface area contributed by atoms with Crippen LogP contribution < -0.4 is 10.2 Å². The van der Waals surface area contributed by atoms with Gasteiger partial charge in [0.1, 0.15) is 5.82 Å². The number of carbonyl (C=O) groups is 2. The van der Waals surface area contributed by atoms with Gasteiger partial charge in [0, 0.05) is 29.3 Å². The number of carbonyl (C=O) groups excluding carboxylic acids is 2. The molecule has 0 saturated carbocycles. The number of likely N-dealkylation sites (tertiary alicyclic amines) is 1. The number of hydrogen-bond donors (Lipinski definition) is 1. The van der Waals surface area contributed by atoms with Crippen molar-refractivity contribution in [2.24, 2.45) is 5.92 Å². The van der Waals surface area contributed by atoms with Crippen molar-refractivity contribution in [1.29, 1.82) is 0 Å². The van der Waals surface area contributed by atoms with E-state index in [1.807, 2.05) is 36.4 Å². The lowest BCUT2D eigenvalue weighted by molar-refractivity contribution is -0.122. The minimum atomic E-state index is -0.0475. The lowest BCUT2D eigenvalue weighted by Crippen LogP contribution is -2.44. The number of piperidine rings is 1. The third kappa shape index (κ3) is 5.37. The van der Waals surface area contributed by atoms with Gasteiger partial charge in [0.25, 0.3) is 0 Å². The third-order valence-corrected chi connectivity index (χ3v) is 5.28. The van der Waals surface area contributed by atoms with Gasteiger partial charge in [-0.15, -0.1) is 0 Å². The Morgan fingerprint density at radius 2 is 1.89 bits per heavy atom. The molecule has 1 fully saturated rings. The number of pyridine rings is 1. The fourth-order valence-electron chi connectivity index (χ4n) is 3.12. The molecule has 6 nitrogen and oxygen atoms in total. The first-order valence-corrected chi connectivity index (χ1v) is 9.78. The maximum Gasteiger partial charge on any atom is 0.240 e. The zero-order chi connectivity index (χ0) is 19.2. The molecule has 0 unspecified atom stereocenters. The topological polar surface area (TPSA) is 65.5 Å². The van der Waals surface area contributed by atoms with Gasteiger partial charge >= 0.3 is 0 Å². The van der Waals surface area contributed by atoms with Gasteiger partial charge in [-0.25, -0.2) is 4.98 Å². The smallest absolute Gasteiger partial charge is 0.240 e. The summed E-state index contributed by atoms with van der Waals surface area (Å²) >= 11 is 3.33. The molecule has 1 aliphatic heterocycles. The standard InChI is InChI=1S/C20H23BrN4O2/c1-24(17-5-3-2-4-6-17)19(26)14-25-11-9-15(10-12-25)20(27)23-18-8-7-16(21)13-22-18/h2-8,13,15H,9-12,14H2,1H3,(H,22,23,27). The Morgan fingerprint density at radius 1 is 1.19 bits per heavy atom. The van der Waals surface area contributed by atoms with Gasteiger partial charge in [-0.2, -0.15) is 0 Å². The zero-order valence-electron chi connectivity index (χ0n) is 15.3. The van der Waals surface area contributed by atoms with Crippen LogP contribution in [0.2, 0.25) is 0 Å². The highest BCUT2D eigenvalue weighted by Gasteiger charge is 2.27. The normalized spacial score (nSPS) is 15.3. The summed E-state index contributed by atoms with van der Waals surface area (Å²) in [5, 5.41) is 2.87. The van der Waals surface area contributed by atoms with Crippen LogP contribution >= 0.6 is 15.9 Å². The van der Waals surface area contributed by atoms with Crippen LogP contribution in [0, 0.1) is 5.92 Å². The zero-order valence-corrected chi connectivity index (χ0v) is 16.9. The lowest BCUT2D eigenvalue weighted by Gasteiger charge is -2.31. The highest BCUT2D eigenvalue weighted by atomic mass is 79.9. The number of nitrogens with one attached hydrogen (secondary N) is 1. The molecule has 1 saturated heterocycles. The maximum absolute atomic E-state index is 12.5. The van der Waals surface area contributed by atoms with Crippen LogP contribution in [0.3, 0.4) is 0 Å². The summed E-state index contributed by atoms with van der Waals surface area (Å²) in [4.78, 5) is 32.9. The molecule has 0 atom stereocenters. The van der Waals surface area contributed by atoms with E-state index in [-0.39, 0.29) is 17.7 Å². The first-order chi connectivity index (χ1) is 13.0. The first-order valence-electron chi connectivity index (χ1n) is 8.99. The molecule has 0 aliphatic carbocycles. The number of hydrogen-bond acceptors (Lipinski definition) is 4. The Hall–Kier alpha value is -2.25. The predicted octanol–water partition coefficient (Wildman–Crippen LogP) is 3.16. The Morgan fingerprint density at radius 3 is 2.52 bits per heavy atom. The molecule has 0 spiro atoms. The van der Waals surface area contributed by atoms with Crippen LogP contribution in [0.4, 0.5) is 11.5 Å². The van der Waals surface area contributed by atoms with Gasteiger partial charge < -0.3 is 10.2 Å². The summed E-state index contributed by atoms with van der Waals surface area (Å²) in [7, 11) is 1.79. The molecule has 7 heteroatoms. The van der Waals surface area contributed by atoms with E-state index in [2.05, 4.69) is 31.1 Å². The van der Waals surface area contributed by atoms with Crippen molar-refractivity contribution in [3.63, 3.8) is 0 Å². The van der Waals surface area contributed by atoms with Gasteiger partial charge in [-0.05, 0) is 66.1 Å². The highest BCUT2D eigenvalue weighted by Crippen LogP contribution is 2.20. The third-order valence-electron chi connectivity index (χ3n) is 4.81. The van der Waals surface area contributed by atoms with Crippen molar-refractivity contribution < 1.29 is 9.59 Å². The largest absolute Gasteiger partial charge is 0.314 e. The van der Waals surface area contributed by atoms with Crippen LogP contribution in [0.1, 0.15) is 12.8 Å². The Labute approximate surface area is 167 Å². The average molecular weight is 431 g/mol. The first kappa shape index (κ1) is 19.5. The van der Waals surface area contributed by atoms with Gasteiger partial charge in [-0.3, -0.25) is 14.5 Å². The minimum absolute atomic E-state index is 0.00259.